The lowest BCUT2D eigenvalue weighted by Crippen LogP contribution is -2.60. The van der Waals surface area contributed by atoms with Crippen LogP contribution in [-0.4, -0.2) is 61.7 Å². The van der Waals surface area contributed by atoms with Gasteiger partial charge in [-0.3, -0.25) is 10.1 Å². The number of nitrogens with one attached hydrogen (secondary N) is 2. The number of carbonyl (C=O) groups is 2. The van der Waals surface area contributed by atoms with E-state index in [-0.39, 0.29) is 6.54 Å². The van der Waals surface area contributed by atoms with Crippen molar-refractivity contribution in [1.29, 1.82) is 0 Å². The molecule has 2 aliphatic rings. The first-order valence-corrected chi connectivity index (χ1v) is 6.99. The van der Waals surface area contributed by atoms with Crippen LogP contribution in [0.4, 0.5) is 4.79 Å². The Kier molecular flexibility index (Phi) is 3.07. The molecular formula is C9H16N4O4S. The minimum absolute atomic E-state index is 0.0227. The van der Waals surface area contributed by atoms with E-state index in [1.54, 1.807) is 0 Å². The number of hydrogen-bond donors (Lipinski definition) is 2. The standard InChI is InChI=1S/C9H16N4O4S/c1-12(2)18(16,17)13-5-3-4-9(6-13)7(14)10-8(15)11-9/h3-6H2,1-2H3,(H2,10,11,14,15). The number of amides is 3. The molecule has 9 heteroatoms. The maximum atomic E-state index is 12.0. The molecule has 2 fully saturated rings. The molecule has 8 nitrogen and oxygen atoms in total. The van der Waals surface area contributed by atoms with Crippen LogP contribution in [-0.2, 0) is 15.0 Å². The molecule has 1 atom stereocenters. The average molecular weight is 276 g/mol. The van der Waals surface area contributed by atoms with E-state index in [2.05, 4.69) is 10.6 Å². The van der Waals surface area contributed by atoms with Crippen molar-refractivity contribution in [2.75, 3.05) is 27.2 Å². The molecule has 0 bridgehead atoms. The Labute approximate surface area is 105 Å². The topological polar surface area (TPSA) is 98.8 Å². The molecule has 0 saturated carbocycles. The summed E-state index contributed by atoms with van der Waals surface area (Å²) < 4.78 is 26.4. The van der Waals surface area contributed by atoms with Gasteiger partial charge in [-0.2, -0.15) is 17.0 Å². The number of urea groups is 1. The van der Waals surface area contributed by atoms with Crippen LogP contribution in [0.5, 0.6) is 0 Å². The molecule has 2 heterocycles. The summed E-state index contributed by atoms with van der Waals surface area (Å²) in [6, 6.07) is -0.566. The second-order valence-corrected chi connectivity index (χ2v) is 6.86. The zero-order valence-corrected chi connectivity index (χ0v) is 11.1. The van der Waals surface area contributed by atoms with E-state index in [0.29, 0.717) is 19.4 Å². The Hall–Kier alpha value is -1.19. The second kappa shape index (κ2) is 4.18. The molecular weight excluding hydrogens is 260 g/mol. The van der Waals surface area contributed by atoms with Gasteiger partial charge in [-0.05, 0) is 12.8 Å². The van der Waals surface area contributed by atoms with Gasteiger partial charge in [-0.1, -0.05) is 0 Å². The number of rotatable bonds is 2. The van der Waals surface area contributed by atoms with E-state index in [4.69, 9.17) is 0 Å². The van der Waals surface area contributed by atoms with Crippen LogP contribution in [0, 0.1) is 0 Å². The second-order valence-electron chi connectivity index (χ2n) is 4.72. The van der Waals surface area contributed by atoms with Gasteiger partial charge in [-0.15, -0.1) is 0 Å². The van der Waals surface area contributed by atoms with E-state index >= 15 is 0 Å². The van der Waals surface area contributed by atoms with Crippen LogP contribution >= 0.6 is 0 Å². The SMILES string of the molecule is CN(C)S(=O)(=O)N1CCCC2(C1)NC(=O)NC2=O. The fraction of sp³-hybridized carbons (Fsp3) is 0.778. The van der Waals surface area contributed by atoms with Crippen molar-refractivity contribution >= 4 is 22.1 Å². The molecule has 1 unspecified atom stereocenters. The number of nitrogens with zero attached hydrogens (tertiary/aromatic N) is 2. The van der Waals surface area contributed by atoms with Crippen molar-refractivity contribution in [1.82, 2.24) is 19.2 Å². The van der Waals surface area contributed by atoms with Crippen molar-refractivity contribution in [3.8, 4) is 0 Å². The summed E-state index contributed by atoms with van der Waals surface area (Å²) in [6.07, 6.45) is 0.977. The van der Waals surface area contributed by atoms with Gasteiger partial charge < -0.3 is 5.32 Å². The van der Waals surface area contributed by atoms with Gasteiger partial charge in [0.2, 0.25) is 0 Å². The van der Waals surface area contributed by atoms with E-state index in [1.165, 1.54) is 18.4 Å². The van der Waals surface area contributed by atoms with Gasteiger partial charge in [0.15, 0.2) is 0 Å². The maximum absolute atomic E-state index is 12.0. The monoisotopic (exact) mass is 276 g/mol. The molecule has 2 aliphatic heterocycles. The summed E-state index contributed by atoms with van der Waals surface area (Å²) in [5, 5.41) is 4.69. The highest BCUT2D eigenvalue weighted by Gasteiger charge is 2.50. The van der Waals surface area contributed by atoms with Crippen LogP contribution < -0.4 is 10.6 Å². The molecule has 2 N–H and O–H groups in total. The highest BCUT2D eigenvalue weighted by molar-refractivity contribution is 7.86. The summed E-state index contributed by atoms with van der Waals surface area (Å²) in [4.78, 5) is 23.0. The number of carbonyl (C=O) groups excluding carboxylic acids is 2. The molecule has 2 saturated heterocycles. The lowest BCUT2D eigenvalue weighted by atomic mass is 9.90. The van der Waals surface area contributed by atoms with Crippen molar-refractivity contribution in [2.45, 2.75) is 18.4 Å². The van der Waals surface area contributed by atoms with Crippen LogP contribution in [0.2, 0.25) is 0 Å². The lowest BCUT2D eigenvalue weighted by Gasteiger charge is -2.38. The molecule has 0 radical (unpaired) electrons. The summed E-state index contributed by atoms with van der Waals surface area (Å²) in [5.41, 5.74) is -1.11. The third kappa shape index (κ3) is 1.98. The molecule has 0 aliphatic carbocycles. The first-order valence-electron chi connectivity index (χ1n) is 5.59. The largest absolute Gasteiger partial charge is 0.322 e. The Morgan fingerprint density at radius 2 is 2.00 bits per heavy atom. The first kappa shape index (κ1) is 13.2. The molecule has 2 rings (SSSR count). The smallest absolute Gasteiger partial charge is 0.322 e. The molecule has 0 aromatic carbocycles. The van der Waals surface area contributed by atoms with E-state index in [1.807, 2.05) is 0 Å². The normalized spacial score (nSPS) is 29.7. The van der Waals surface area contributed by atoms with Crippen molar-refractivity contribution in [3.63, 3.8) is 0 Å². The fourth-order valence-electron chi connectivity index (χ4n) is 2.26. The Morgan fingerprint density at radius 3 is 2.50 bits per heavy atom. The van der Waals surface area contributed by atoms with Crippen LogP contribution in [0.3, 0.4) is 0 Å². The lowest BCUT2D eigenvalue weighted by molar-refractivity contribution is -0.125. The first-order chi connectivity index (χ1) is 8.28. The Bertz CT molecular complexity index is 489. The highest BCUT2D eigenvalue weighted by Crippen LogP contribution is 2.26. The number of hydrogen-bond acceptors (Lipinski definition) is 4. The Balaban J connectivity index is 2.25. The molecule has 3 amide bonds. The third-order valence-corrected chi connectivity index (χ3v) is 5.15. The van der Waals surface area contributed by atoms with Gasteiger partial charge in [-0.25, -0.2) is 4.79 Å². The molecule has 0 aromatic rings. The molecule has 18 heavy (non-hydrogen) atoms. The minimum atomic E-state index is -3.57. The summed E-state index contributed by atoms with van der Waals surface area (Å²) in [7, 11) is -0.700. The van der Waals surface area contributed by atoms with E-state index in [0.717, 1.165) is 4.31 Å². The van der Waals surface area contributed by atoms with Gasteiger partial charge in [0.05, 0.1) is 0 Å². The third-order valence-electron chi connectivity index (χ3n) is 3.26. The quantitative estimate of drug-likeness (QED) is 0.598. The molecule has 0 aromatic heterocycles. The Morgan fingerprint density at radius 1 is 1.33 bits per heavy atom. The van der Waals surface area contributed by atoms with Crippen molar-refractivity contribution in [3.05, 3.63) is 0 Å². The predicted molar refractivity (Wildman–Crippen MR) is 62.8 cm³/mol. The van der Waals surface area contributed by atoms with Crippen LogP contribution in [0.15, 0.2) is 0 Å². The van der Waals surface area contributed by atoms with Gasteiger partial charge >= 0.3 is 6.03 Å². The van der Waals surface area contributed by atoms with Gasteiger partial charge in [0.1, 0.15) is 5.54 Å². The van der Waals surface area contributed by atoms with Crippen LogP contribution in [0.1, 0.15) is 12.8 Å². The van der Waals surface area contributed by atoms with E-state index < -0.39 is 27.7 Å². The summed E-state index contributed by atoms with van der Waals surface area (Å²) >= 11 is 0. The number of imide groups is 1. The van der Waals surface area contributed by atoms with Gasteiger partial charge in [0, 0.05) is 27.2 Å². The highest BCUT2D eigenvalue weighted by atomic mass is 32.2. The fourth-order valence-corrected chi connectivity index (χ4v) is 3.46. The molecule has 1 spiro atoms. The minimum Gasteiger partial charge on any atom is -0.322 e. The van der Waals surface area contributed by atoms with Crippen LogP contribution in [0.25, 0.3) is 0 Å². The summed E-state index contributed by atoms with van der Waals surface area (Å²) in [5.74, 6) is -0.453. The van der Waals surface area contributed by atoms with Crippen molar-refractivity contribution in [2.24, 2.45) is 0 Å². The molecule has 102 valence electrons. The van der Waals surface area contributed by atoms with Crippen molar-refractivity contribution < 1.29 is 18.0 Å². The maximum Gasteiger partial charge on any atom is 0.322 e. The summed E-state index contributed by atoms with van der Waals surface area (Å²) in [6.45, 7) is 0.330. The zero-order chi connectivity index (χ0) is 13.6. The van der Waals surface area contributed by atoms with Gasteiger partial charge in [0.25, 0.3) is 16.1 Å². The average Bonchev–Trinajstić information content (AvgIpc) is 2.53. The zero-order valence-electron chi connectivity index (χ0n) is 10.3. The predicted octanol–water partition coefficient (Wildman–Crippen LogP) is -1.53. The number of piperidine rings is 1. The van der Waals surface area contributed by atoms with E-state index in [9.17, 15) is 18.0 Å².